The lowest BCUT2D eigenvalue weighted by Crippen LogP contribution is -2.31. The summed E-state index contributed by atoms with van der Waals surface area (Å²) < 4.78 is 0. The number of benzene rings is 1. The Kier molecular flexibility index (Phi) is 5.50. The highest BCUT2D eigenvalue weighted by Gasteiger charge is 2.08. The molecule has 0 aliphatic heterocycles. The third kappa shape index (κ3) is 4.33. The summed E-state index contributed by atoms with van der Waals surface area (Å²) in [5.41, 5.74) is 8.28. The van der Waals surface area contributed by atoms with Crippen LogP contribution in [0.15, 0.2) is 24.3 Å². The highest BCUT2D eigenvalue weighted by molar-refractivity contribution is 5.22. The number of aliphatic hydroxyl groups excluding tert-OH is 1. The smallest absolute Gasteiger partial charge is 0.0691 e. The van der Waals surface area contributed by atoms with Crippen molar-refractivity contribution in [2.45, 2.75) is 51.7 Å². The lowest BCUT2D eigenvalue weighted by Gasteiger charge is -2.14. The van der Waals surface area contributed by atoms with Gasteiger partial charge in [-0.15, -0.1) is 0 Å². The lowest BCUT2D eigenvalue weighted by atomic mass is 10.0. The SMILES string of the molecule is CCCc1ccc(CCC(O)C(C)N)cc1. The predicted octanol–water partition coefficient (Wildman–Crippen LogP) is 2.28. The fraction of sp³-hybridized carbons (Fsp3) is 0.571. The van der Waals surface area contributed by atoms with Gasteiger partial charge in [-0.3, -0.25) is 0 Å². The van der Waals surface area contributed by atoms with Crippen molar-refractivity contribution in [1.29, 1.82) is 0 Å². The average molecular weight is 221 g/mol. The molecule has 1 rings (SSSR count). The van der Waals surface area contributed by atoms with E-state index in [4.69, 9.17) is 5.73 Å². The van der Waals surface area contributed by atoms with Crippen LogP contribution in [-0.2, 0) is 12.8 Å². The van der Waals surface area contributed by atoms with Crippen LogP contribution in [-0.4, -0.2) is 17.3 Å². The summed E-state index contributed by atoms with van der Waals surface area (Å²) >= 11 is 0. The van der Waals surface area contributed by atoms with Gasteiger partial charge in [0.15, 0.2) is 0 Å². The Balaban J connectivity index is 2.43. The van der Waals surface area contributed by atoms with Crippen LogP contribution in [0.5, 0.6) is 0 Å². The quantitative estimate of drug-likeness (QED) is 0.774. The van der Waals surface area contributed by atoms with Gasteiger partial charge >= 0.3 is 0 Å². The van der Waals surface area contributed by atoms with Gasteiger partial charge < -0.3 is 10.8 Å². The molecule has 2 nitrogen and oxygen atoms in total. The first-order valence-electron chi connectivity index (χ1n) is 6.15. The van der Waals surface area contributed by atoms with Crippen LogP contribution in [0.3, 0.4) is 0 Å². The lowest BCUT2D eigenvalue weighted by molar-refractivity contribution is 0.141. The molecule has 0 aliphatic carbocycles. The van der Waals surface area contributed by atoms with Crippen molar-refractivity contribution in [2.75, 3.05) is 0 Å². The number of nitrogens with two attached hydrogens (primary N) is 1. The molecule has 1 aromatic carbocycles. The molecule has 1 aromatic rings. The minimum Gasteiger partial charge on any atom is -0.392 e. The van der Waals surface area contributed by atoms with Gasteiger partial charge in [0.2, 0.25) is 0 Å². The molecule has 0 saturated heterocycles. The fourth-order valence-corrected chi connectivity index (χ4v) is 1.74. The molecule has 0 bridgehead atoms. The molecule has 90 valence electrons. The van der Waals surface area contributed by atoms with E-state index in [1.807, 2.05) is 6.92 Å². The minimum absolute atomic E-state index is 0.139. The van der Waals surface area contributed by atoms with Crippen LogP contribution in [0.4, 0.5) is 0 Å². The Labute approximate surface area is 98.5 Å². The number of aliphatic hydroxyl groups is 1. The van der Waals surface area contributed by atoms with Gasteiger partial charge in [-0.05, 0) is 37.3 Å². The van der Waals surface area contributed by atoms with Gasteiger partial charge in [-0.1, -0.05) is 37.6 Å². The van der Waals surface area contributed by atoms with Gasteiger partial charge in [0, 0.05) is 6.04 Å². The first-order valence-corrected chi connectivity index (χ1v) is 6.15. The zero-order valence-corrected chi connectivity index (χ0v) is 10.3. The van der Waals surface area contributed by atoms with Crippen molar-refractivity contribution < 1.29 is 5.11 Å². The maximum atomic E-state index is 9.60. The van der Waals surface area contributed by atoms with Crippen molar-refractivity contribution in [3.8, 4) is 0 Å². The second-order valence-electron chi connectivity index (χ2n) is 4.53. The molecule has 0 aromatic heterocycles. The third-order valence-corrected chi connectivity index (χ3v) is 2.90. The maximum absolute atomic E-state index is 9.60. The van der Waals surface area contributed by atoms with Crippen LogP contribution in [0, 0.1) is 0 Å². The highest BCUT2D eigenvalue weighted by Crippen LogP contribution is 2.10. The molecule has 0 spiro atoms. The van der Waals surface area contributed by atoms with Crippen LogP contribution < -0.4 is 5.73 Å². The molecule has 0 aliphatic rings. The van der Waals surface area contributed by atoms with Gasteiger partial charge in [-0.2, -0.15) is 0 Å². The fourth-order valence-electron chi connectivity index (χ4n) is 1.74. The summed E-state index contributed by atoms with van der Waals surface area (Å²) in [7, 11) is 0. The van der Waals surface area contributed by atoms with Gasteiger partial charge in [-0.25, -0.2) is 0 Å². The summed E-state index contributed by atoms with van der Waals surface area (Å²) in [4.78, 5) is 0. The van der Waals surface area contributed by atoms with Gasteiger partial charge in [0.25, 0.3) is 0 Å². The molecule has 2 heteroatoms. The summed E-state index contributed by atoms with van der Waals surface area (Å²) in [6.45, 7) is 4.03. The first-order chi connectivity index (χ1) is 7.63. The van der Waals surface area contributed by atoms with E-state index in [1.165, 1.54) is 17.5 Å². The van der Waals surface area contributed by atoms with E-state index in [2.05, 4.69) is 31.2 Å². The van der Waals surface area contributed by atoms with E-state index in [1.54, 1.807) is 0 Å². The van der Waals surface area contributed by atoms with Gasteiger partial charge in [0.05, 0.1) is 6.10 Å². The van der Waals surface area contributed by atoms with Crippen molar-refractivity contribution in [2.24, 2.45) is 5.73 Å². The molecular weight excluding hydrogens is 198 g/mol. The van der Waals surface area contributed by atoms with Crippen LogP contribution in [0.2, 0.25) is 0 Å². The zero-order chi connectivity index (χ0) is 12.0. The standard InChI is InChI=1S/C14H23NO/c1-3-4-12-5-7-13(8-6-12)9-10-14(16)11(2)15/h5-8,11,14,16H,3-4,9-10,15H2,1-2H3. The zero-order valence-electron chi connectivity index (χ0n) is 10.3. The summed E-state index contributed by atoms with van der Waals surface area (Å²) in [6.07, 6.45) is 3.57. The molecule has 2 atom stereocenters. The third-order valence-electron chi connectivity index (χ3n) is 2.90. The van der Waals surface area contributed by atoms with Crippen molar-refractivity contribution in [1.82, 2.24) is 0 Å². The monoisotopic (exact) mass is 221 g/mol. The Morgan fingerprint density at radius 3 is 2.06 bits per heavy atom. The number of rotatable bonds is 6. The Hall–Kier alpha value is -0.860. The normalized spacial score (nSPS) is 14.8. The molecule has 3 N–H and O–H groups in total. The predicted molar refractivity (Wildman–Crippen MR) is 68.4 cm³/mol. The van der Waals surface area contributed by atoms with Crippen molar-refractivity contribution in [3.63, 3.8) is 0 Å². The van der Waals surface area contributed by atoms with Crippen LogP contribution in [0.25, 0.3) is 0 Å². The average Bonchev–Trinajstić information content (AvgIpc) is 2.28. The Bertz CT molecular complexity index is 292. The van der Waals surface area contributed by atoms with E-state index < -0.39 is 6.10 Å². The van der Waals surface area contributed by atoms with E-state index >= 15 is 0 Å². The summed E-state index contributed by atoms with van der Waals surface area (Å²) in [5, 5.41) is 9.60. The van der Waals surface area contributed by atoms with Crippen LogP contribution >= 0.6 is 0 Å². The second kappa shape index (κ2) is 6.66. The second-order valence-corrected chi connectivity index (χ2v) is 4.53. The topological polar surface area (TPSA) is 46.2 Å². The van der Waals surface area contributed by atoms with E-state index in [0.717, 1.165) is 19.3 Å². The molecule has 0 saturated carbocycles. The van der Waals surface area contributed by atoms with E-state index in [-0.39, 0.29) is 6.04 Å². The van der Waals surface area contributed by atoms with Gasteiger partial charge in [0.1, 0.15) is 0 Å². The van der Waals surface area contributed by atoms with Crippen molar-refractivity contribution >= 4 is 0 Å². The molecule has 16 heavy (non-hydrogen) atoms. The van der Waals surface area contributed by atoms with Crippen LogP contribution in [0.1, 0.15) is 37.8 Å². The van der Waals surface area contributed by atoms with Crippen molar-refractivity contribution in [3.05, 3.63) is 35.4 Å². The molecular formula is C14H23NO. The Morgan fingerprint density at radius 2 is 1.62 bits per heavy atom. The molecule has 0 fully saturated rings. The molecule has 0 radical (unpaired) electrons. The maximum Gasteiger partial charge on any atom is 0.0691 e. The Morgan fingerprint density at radius 1 is 1.12 bits per heavy atom. The number of hydrogen-bond donors (Lipinski definition) is 2. The highest BCUT2D eigenvalue weighted by atomic mass is 16.3. The molecule has 0 heterocycles. The first kappa shape index (κ1) is 13.2. The molecule has 0 amide bonds. The summed E-state index contributed by atoms with van der Waals surface area (Å²) in [5.74, 6) is 0. The van der Waals surface area contributed by atoms with E-state index in [9.17, 15) is 5.11 Å². The number of aryl methyl sites for hydroxylation is 2. The van der Waals surface area contributed by atoms with E-state index in [0.29, 0.717) is 0 Å². The summed E-state index contributed by atoms with van der Waals surface area (Å²) in [6, 6.07) is 8.52. The molecule has 2 unspecified atom stereocenters. The largest absolute Gasteiger partial charge is 0.392 e. The minimum atomic E-state index is -0.393. The number of hydrogen-bond acceptors (Lipinski definition) is 2.